The lowest BCUT2D eigenvalue weighted by molar-refractivity contribution is -0.384. The smallest absolute Gasteiger partial charge is 0.270 e. The van der Waals surface area contributed by atoms with Crippen LogP contribution in [0.5, 0.6) is 0 Å². The first-order valence-corrected chi connectivity index (χ1v) is 7.51. The van der Waals surface area contributed by atoms with E-state index in [1.807, 2.05) is 6.92 Å². The number of carbonyl (C=O) groups is 1. The second-order valence-electron chi connectivity index (χ2n) is 4.51. The van der Waals surface area contributed by atoms with Gasteiger partial charge in [-0.2, -0.15) is 0 Å². The molecular formula is C15H15N3O3S. The van der Waals surface area contributed by atoms with Gasteiger partial charge in [0.25, 0.3) is 5.69 Å². The minimum Gasteiger partial charge on any atom is -0.362 e. The number of carbonyl (C=O) groups excluding carboxylic acids is 1. The van der Waals surface area contributed by atoms with Gasteiger partial charge >= 0.3 is 0 Å². The van der Waals surface area contributed by atoms with Crippen molar-refractivity contribution < 1.29 is 9.72 Å². The Morgan fingerprint density at radius 2 is 2.27 bits per heavy atom. The maximum absolute atomic E-state index is 12.2. The van der Waals surface area contributed by atoms with E-state index in [0.717, 1.165) is 6.54 Å². The number of anilines is 1. The van der Waals surface area contributed by atoms with Crippen LogP contribution in [-0.4, -0.2) is 22.2 Å². The molecule has 2 aromatic rings. The molecule has 22 heavy (non-hydrogen) atoms. The van der Waals surface area contributed by atoms with Gasteiger partial charge in [0.15, 0.2) is 10.9 Å². The zero-order valence-corrected chi connectivity index (χ0v) is 13.0. The maximum atomic E-state index is 12.2. The largest absolute Gasteiger partial charge is 0.362 e. The van der Waals surface area contributed by atoms with E-state index in [0.29, 0.717) is 21.3 Å². The number of non-ortho nitro benzene ring substituents is 1. The molecule has 114 valence electrons. The summed E-state index contributed by atoms with van der Waals surface area (Å²) in [5.74, 6) is -0.161. The molecule has 0 aliphatic carbocycles. The van der Waals surface area contributed by atoms with E-state index >= 15 is 0 Å². The van der Waals surface area contributed by atoms with Crippen molar-refractivity contribution >= 4 is 34.0 Å². The maximum Gasteiger partial charge on any atom is 0.270 e. The number of thiazole rings is 1. The molecule has 1 heterocycles. The number of aryl methyl sites for hydroxylation is 1. The first-order chi connectivity index (χ1) is 10.5. The average Bonchev–Trinajstić information content (AvgIpc) is 2.86. The third kappa shape index (κ3) is 3.76. The SMILES string of the molecule is CCNc1nc(C)c(C(=O)/C=C/c2cccc([N+](=O)[O-])c2)s1. The molecule has 6 nitrogen and oxygen atoms in total. The standard InChI is InChI=1S/C15H15N3O3S/c1-3-16-15-17-10(2)14(22-15)13(19)8-7-11-5-4-6-12(9-11)18(20)21/h4-9H,3H2,1-2H3,(H,16,17)/b8-7+. The van der Waals surface area contributed by atoms with E-state index in [9.17, 15) is 14.9 Å². The van der Waals surface area contributed by atoms with Gasteiger partial charge in [-0.15, -0.1) is 0 Å². The van der Waals surface area contributed by atoms with Crippen LogP contribution >= 0.6 is 11.3 Å². The summed E-state index contributed by atoms with van der Waals surface area (Å²) in [6.45, 7) is 4.48. The van der Waals surface area contributed by atoms with Gasteiger partial charge in [0.1, 0.15) is 0 Å². The van der Waals surface area contributed by atoms with Gasteiger partial charge in [0, 0.05) is 18.7 Å². The van der Waals surface area contributed by atoms with E-state index in [-0.39, 0.29) is 11.5 Å². The Morgan fingerprint density at radius 1 is 1.50 bits per heavy atom. The third-order valence-corrected chi connectivity index (χ3v) is 3.99. The highest BCUT2D eigenvalue weighted by Gasteiger charge is 2.12. The van der Waals surface area contributed by atoms with Gasteiger partial charge in [-0.05, 0) is 25.5 Å². The Balaban J connectivity index is 2.17. The van der Waals surface area contributed by atoms with Crippen molar-refractivity contribution in [2.45, 2.75) is 13.8 Å². The fourth-order valence-corrected chi connectivity index (χ4v) is 2.80. The number of allylic oxidation sites excluding steroid dienone is 1. The Bertz CT molecular complexity index is 737. The zero-order valence-electron chi connectivity index (χ0n) is 12.2. The topological polar surface area (TPSA) is 85.1 Å². The summed E-state index contributed by atoms with van der Waals surface area (Å²) in [4.78, 5) is 27.3. The molecule has 1 aromatic carbocycles. The minimum absolute atomic E-state index is 0.00185. The van der Waals surface area contributed by atoms with E-state index in [1.165, 1.54) is 29.5 Å². The Hall–Kier alpha value is -2.54. The summed E-state index contributed by atoms with van der Waals surface area (Å²) in [5.41, 5.74) is 1.28. The fourth-order valence-electron chi connectivity index (χ4n) is 1.84. The quantitative estimate of drug-likeness (QED) is 0.380. The second kappa shape index (κ2) is 6.95. The summed E-state index contributed by atoms with van der Waals surface area (Å²) < 4.78 is 0. The molecule has 1 N–H and O–H groups in total. The lowest BCUT2D eigenvalue weighted by Crippen LogP contribution is -1.94. The lowest BCUT2D eigenvalue weighted by Gasteiger charge is -1.95. The minimum atomic E-state index is -0.463. The molecule has 0 radical (unpaired) electrons. The van der Waals surface area contributed by atoms with Crippen molar-refractivity contribution in [3.63, 3.8) is 0 Å². The van der Waals surface area contributed by atoms with Crippen LogP contribution in [0.2, 0.25) is 0 Å². The highest BCUT2D eigenvalue weighted by Crippen LogP contribution is 2.23. The molecule has 2 rings (SSSR count). The monoisotopic (exact) mass is 317 g/mol. The van der Waals surface area contributed by atoms with Crippen LogP contribution in [0, 0.1) is 17.0 Å². The Kier molecular flexibility index (Phi) is 5.00. The molecule has 0 amide bonds. The first-order valence-electron chi connectivity index (χ1n) is 6.69. The molecular weight excluding hydrogens is 302 g/mol. The highest BCUT2D eigenvalue weighted by atomic mass is 32.1. The number of hydrogen-bond acceptors (Lipinski definition) is 6. The average molecular weight is 317 g/mol. The molecule has 7 heteroatoms. The van der Waals surface area contributed by atoms with Crippen LogP contribution in [0.25, 0.3) is 6.08 Å². The van der Waals surface area contributed by atoms with Gasteiger partial charge in [-0.1, -0.05) is 29.5 Å². The number of benzene rings is 1. The Morgan fingerprint density at radius 3 is 2.95 bits per heavy atom. The van der Waals surface area contributed by atoms with Crippen LogP contribution in [0.3, 0.4) is 0 Å². The molecule has 0 aliphatic rings. The van der Waals surface area contributed by atoms with Crippen molar-refractivity contribution in [3.8, 4) is 0 Å². The summed E-state index contributed by atoms with van der Waals surface area (Å²) in [5, 5.41) is 14.5. The van der Waals surface area contributed by atoms with Crippen molar-refractivity contribution in [2.24, 2.45) is 0 Å². The van der Waals surface area contributed by atoms with Crippen LogP contribution in [0.4, 0.5) is 10.8 Å². The number of hydrogen-bond donors (Lipinski definition) is 1. The molecule has 0 fully saturated rings. The zero-order chi connectivity index (χ0) is 16.1. The molecule has 0 bridgehead atoms. The molecule has 0 aliphatic heterocycles. The summed E-state index contributed by atoms with van der Waals surface area (Å²) >= 11 is 1.30. The molecule has 0 saturated heterocycles. The molecule has 0 unspecified atom stereocenters. The van der Waals surface area contributed by atoms with Gasteiger partial charge in [0.2, 0.25) is 0 Å². The number of nitrogens with zero attached hydrogens (tertiary/aromatic N) is 2. The number of nitro groups is 1. The number of ketones is 1. The van der Waals surface area contributed by atoms with Gasteiger partial charge in [-0.25, -0.2) is 4.98 Å². The van der Waals surface area contributed by atoms with Gasteiger partial charge in [-0.3, -0.25) is 14.9 Å². The normalized spacial score (nSPS) is 10.8. The van der Waals surface area contributed by atoms with E-state index < -0.39 is 4.92 Å². The second-order valence-corrected chi connectivity index (χ2v) is 5.51. The van der Waals surface area contributed by atoms with Crippen molar-refractivity contribution in [1.82, 2.24) is 4.98 Å². The first kappa shape index (κ1) is 15.8. The van der Waals surface area contributed by atoms with Gasteiger partial charge < -0.3 is 5.32 Å². The summed E-state index contributed by atoms with van der Waals surface area (Å²) in [7, 11) is 0. The summed E-state index contributed by atoms with van der Waals surface area (Å²) in [6.07, 6.45) is 2.98. The molecule has 1 aromatic heterocycles. The van der Waals surface area contributed by atoms with E-state index in [4.69, 9.17) is 0 Å². The number of aromatic nitrogens is 1. The highest BCUT2D eigenvalue weighted by molar-refractivity contribution is 7.17. The van der Waals surface area contributed by atoms with E-state index in [2.05, 4.69) is 10.3 Å². The number of nitrogens with one attached hydrogen (secondary N) is 1. The number of rotatable bonds is 6. The molecule has 0 spiro atoms. The van der Waals surface area contributed by atoms with Crippen molar-refractivity contribution in [2.75, 3.05) is 11.9 Å². The lowest BCUT2D eigenvalue weighted by atomic mass is 10.1. The van der Waals surface area contributed by atoms with E-state index in [1.54, 1.807) is 25.1 Å². The van der Waals surface area contributed by atoms with Crippen LogP contribution in [0.1, 0.15) is 27.9 Å². The van der Waals surface area contributed by atoms with Gasteiger partial charge in [0.05, 0.1) is 15.5 Å². The predicted octanol–water partition coefficient (Wildman–Crippen LogP) is 3.69. The molecule has 0 atom stereocenters. The third-order valence-electron chi connectivity index (χ3n) is 2.86. The summed E-state index contributed by atoms with van der Waals surface area (Å²) in [6, 6.07) is 6.13. The van der Waals surface area contributed by atoms with Crippen molar-refractivity contribution in [3.05, 3.63) is 56.6 Å². The van der Waals surface area contributed by atoms with Crippen LogP contribution in [-0.2, 0) is 0 Å². The Labute approximate surface area is 131 Å². The fraction of sp³-hybridized carbons (Fsp3) is 0.200. The van der Waals surface area contributed by atoms with Crippen molar-refractivity contribution in [1.29, 1.82) is 0 Å². The van der Waals surface area contributed by atoms with Crippen LogP contribution < -0.4 is 5.32 Å². The predicted molar refractivity (Wildman–Crippen MR) is 87.5 cm³/mol. The molecule has 0 saturated carbocycles. The van der Waals surface area contributed by atoms with Crippen LogP contribution in [0.15, 0.2) is 30.3 Å². The number of nitro benzene ring substituents is 1.